The lowest BCUT2D eigenvalue weighted by Crippen LogP contribution is -2.10. The molecule has 14 heteroatoms. The van der Waals surface area contributed by atoms with Gasteiger partial charge in [0, 0.05) is 33.6 Å². The van der Waals surface area contributed by atoms with Crippen LogP contribution in [0.4, 0.5) is 49.6 Å². The van der Waals surface area contributed by atoms with Gasteiger partial charge in [0.2, 0.25) is 11.9 Å². The molecule has 0 saturated heterocycles. The minimum atomic E-state index is -4.52. The summed E-state index contributed by atoms with van der Waals surface area (Å²) in [7, 11) is 0. The van der Waals surface area contributed by atoms with Crippen molar-refractivity contribution < 1.29 is 26.3 Å². The van der Waals surface area contributed by atoms with Crippen LogP contribution >= 0.6 is 23.5 Å². The number of aromatic nitrogens is 4. The zero-order chi connectivity index (χ0) is 39.4. The number of halogens is 6. The Labute approximate surface area is 324 Å². The summed E-state index contributed by atoms with van der Waals surface area (Å²) in [5.74, 6) is 0.654. The van der Waals surface area contributed by atoms with Crippen molar-refractivity contribution in [3.8, 4) is 0 Å². The summed E-state index contributed by atoms with van der Waals surface area (Å²) in [5, 5.41) is 5.70. The molecule has 2 heterocycles. The van der Waals surface area contributed by atoms with Crippen molar-refractivity contribution in [2.24, 2.45) is 0 Å². The van der Waals surface area contributed by atoms with E-state index in [1.54, 1.807) is 48.5 Å². The van der Waals surface area contributed by atoms with Crippen LogP contribution in [0.1, 0.15) is 61.8 Å². The van der Waals surface area contributed by atoms with Crippen LogP contribution in [-0.2, 0) is 18.8 Å². The molecule has 0 atom stereocenters. The summed E-state index contributed by atoms with van der Waals surface area (Å²) < 4.78 is 80.0. The summed E-state index contributed by atoms with van der Waals surface area (Å²) in [4.78, 5) is 17.3. The van der Waals surface area contributed by atoms with Crippen LogP contribution in [0.5, 0.6) is 0 Å². The zero-order valence-corrected chi connectivity index (χ0v) is 31.8. The van der Waals surface area contributed by atoms with Crippen LogP contribution in [-0.4, -0.2) is 19.9 Å². The summed E-state index contributed by atoms with van der Waals surface area (Å²) in [6, 6.07) is 33.1. The molecule has 0 amide bonds. The highest BCUT2D eigenvalue weighted by atomic mass is 32.2. The Bertz CT molecular complexity index is 2100. The Morgan fingerprint density at radius 2 is 1.00 bits per heavy atom. The lowest BCUT2D eigenvalue weighted by molar-refractivity contribution is -0.141. The van der Waals surface area contributed by atoms with Gasteiger partial charge in [0.25, 0.3) is 0 Å². The van der Waals surface area contributed by atoms with E-state index in [0.717, 1.165) is 66.6 Å². The third-order valence-corrected chi connectivity index (χ3v) is 9.92. The Morgan fingerprint density at radius 1 is 0.582 bits per heavy atom. The maximum Gasteiger partial charge on any atom is 0.420 e. The Kier molecular flexibility index (Phi) is 14.2. The van der Waals surface area contributed by atoms with Crippen LogP contribution in [0.15, 0.2) is 141 Å². The SMILES string of the molecule is CC(C)c1ccc(Nc2ncc(C(F)(F)F)c(Sc3ccccc3)n2)cc1.CCCCc1ccc(Nc2ncc(C(F)(F)F)c(Sc3ccccc3)n2)cc1. The molecule has 0 aliphatic carbocycles. The lowest BCUT2D eigenvalue weighted by atomic mass is 10.0. The average Bonchev–Trinajstić information content (AvgIpc) is 3.15. The number of rotatable bonds is 12. The number of benzene rings is 4. The molecule has 55 heavy (non-hydrogen) atoms. The fourth-order valence-electron chi connectivity index (χ4n) is 4.94. The minimum absolute atomic E-state index is 0.124. The van der Waals surface area contributed by atoms with E-state index in [1.807, 2.05) is 60.7 Å². The maximum atomic E-state index is 13.3. The number of unbranched alkanes of at least 4 members (excludes halogenated alkanes) is 1. The molecule has 0 aliphatic heterocycles. The third-order valence-electron chi connectivity index (χ3n) is 7.90. The lowest BCUT2D eigenvalue weighted by Gasteiger charge is -2.13. The van der Waals surface area contributed by atoms with Gasteiger partial charge in [0.1, 0.15) is 21.2 Å². The molecule has 4 aromatic carbocycles. The standard InChI is InChI=1S/C21H20F3N3S.C20H18F3N3S/c1-2-3-7-15-10-12-16(13-11-15)26-20-25-14-18(21(22,23)24)19(27-20)28-17-8-5-4-6-9-17;1-13(2)14-8-10-15(11-9-14)25-19-24-12-17(20(21,22)23)18(26-19)27-16-6-4-3-5-7-16/h4-6,8-14H,2-3,7H2,1H3,(H,25,26,27);3-13H,1-2H3,(H,24,25,26). The second kappa shape index (κ2) is 19.0. The smallest absolute Gasteiger partial charge is 0.324 e. The van der Waals surface area contributed by atoms with E-state index in [1.165, 1.54) is 11.1 Å². The van der Waals surface area contributed by atoms with Gasteiger partial charge < -0.3 is 10.6 Å². The molecule has 0 unspecified atom stereocenters. The second-order valence-electron chi connectivity index (χ2n) is 12.5. The van der Waals surface area contributed by atoms with Crippen LogP contribution in [0.3, 0.4) is 0 Å². The van der Waals surface area contributed by atoms with Gasteiger partial charge in [-0.15, -0.1) is 0 Å². The summed E-state index contributed by atoms with van der Waals surface area (Å²) in [6.45, 7) is 6.33. The van der Waals surface area contributed by atoms with Crippen molar-refractivity contribution in [3.05, 3.63) is 144 Å². The van der Waals surface area contributed by atoms with Crippen molar-refractivity contribution in [2.45, 2.75) is 78.1 Å². The number of hydrogen-bond acceptors (Lipinski definition) is 8. The number of anilines is 4. The third kappa shape index (κ3) is 12.5. The van der Waals surface area contributed by atoms with Gasteiger partial charge in [-0.05, 0) is 78.4 Å². The highest BCUT2D eigenvalue weighted by Crippen LogP contribution is 2.40. The van der Waals surface area contributed by atoms with E-state index < -0.39 is 23.5 Å². The predicted octanol–water partition coefficient (Wildman–Crippen LogP) is 13.2. The minimum Gasteiger partial charge on any atom is -0.324 e. The highest BCUT2D eigenvalue weighted by molar-refractivity contribution is 7.99. The van der Waals surface area contributed by atoms with Gasteiger partial charge in [-0.25, -0.2) is 19.9 Å². The molecule has 6 nitrogen and oxygen atoms in total. The first kappa shape index (κ1) is 41.1. The van der Waals surface area contributed by atoms with E-state index in [0.29, 0.717) is 15.7 Å². The van der Waals surface area contributed by atoms with Crippen molar-refractivity contribution in [3.63, 3.8) is 0 Å². The van der Waals surface area contributed by atoms with Crippen LogP contribution in [0, 0.1) is 0 Å². The fourth-order valence-corrected chi connectivity index (χ4v) is 6.80. The Balaban J connectivity index is 0.000000211. The molecule has 0 aliphatic rings. The quantitative estimate of drug-likeness (QED) is 0.0937. The molecule has 0 spiro atoms. The first-order valence-electron chi connectivity index (χ1n) is 17.4. The van der Waals surface area contributed by atoms with E-state index in [2.05, 4.69) is 51.3 Å². The van der Waals surface area contributed by atoms with Gasteiger partial charge in [-0.2, -0.15) is 26.3 Å². The van der Waals surface area contributed by atoms with Crippen molar-refractivity contribution >= 4 is 46.8 Å². The molecule has 0 radical (unpaired) electrons. The number of nitrogens with one attached hydrogen (secondary N) is 2. The predicted molar refractivity (Wildman–Crippen MR) is 207 cm³/mol. The van der Waals surface area contributed by atoms with E-state index in [-0.39, 0.29) is 21.9 Å². The van der Waals surface area contributed by atoms with Crippen molar-refractivity contribution in [1.82, 2.24) is 19.9 Å². The monoisotopic (exact) mass is 792 g/mol. The molecular weight excluding hydrogens is 755 g/mol. The fraction of sp³-hybridized carbons (Fsp3) is 0.220. The zero-order valence-electron chi connectivity index (χ0n) is 30.1. The topological polar surface area (TPSA) is 75.6 Å². The van der Waals surface area contributed by atoms with Crippen molar-refractivity contribution in [2.75, 3.05) is 10.6 Å². The second-order valence-corrected chi connectivity index (χ2v) is 14.6. The van der Waals surface area contributed by atoms with Crippen LogP contribution in [0.2, 0.25) is 0 Å². The van der Waals surface area contributed by atoms with Crippen LogP contribution < -0.4 is 10.6 Å². The van der Waals surface area contributed by atoms with Gasteiger partial charge in [0.15, 0.2) is 0 Å². The van der Waals surface area contributed by atoms with E-state index in [4.69, 9.17) is 0 Å². The van der Waals surface area contributed by atoms with Crippen molar-refractivity contribution in [1.29, 1.82) is 0 Å². The molecule has 0 fully saturated rings. The Morgan fingerprint density at radius 3 is 1.38 bits per heavy atom. The molecule has 0 saturated carbocycles. The first-order valence-corrected chi connectivity index (χ1v) is 19.0. The average molecular weight is 793 g/mol. The molecule has 6 rings (SSSR count). The van der Waals surface area contributed by atoms with Crippen LogP contribution in [0.25, 0.3) is 0 Å². The molecule has 0 bridgehead atoms. The molecule has 2 aromatic heterocycles. The first-order chi connectivity index (χ1) is 26.3. The van der Waals surface area contributed by atoms with E-state index >= 15 is 0 Å². The number of hydrogen-bond donors (Lipinski definition) is 2. The largest absolute Gasteiger partial charge is 0.420 e. The van der Waals surface area contributed by atoms with Gasteiger partial charge in [-0.3, -0.25) is 0 Å². The van der Waals surface area contributed by atoms with Gasteiger partial charge in [-0.1, -0.05) is 111 Å². The highest BCUT2D eigenvalue weighted by Gasteiger charge is 2.36. The van der Waals surface area contributed by atoms with E-state index in [9.17, 15) is 26.3 Å². The molecular formula is C41H38F6N6S2. The number of nitrogens with zero attached hydrogens (tertiary/aromatic N) is 4. The molecule has 6 aromatic rings. The molecule has 286 valence electrons. The normalized spacial score (nSPS) is 11.5. The number of aryl methyl sites for hydroxylation is 1. The number of alkyl halides is 6. The maximum absolute atomic E-state index is 13.3. The summed E-state index contributed by atoms with van der Waals surface area (Å²) >= 11 is 1.93. The molecule has 2 N–H and O–H groups in total. The van der Waals surface area contributed by atoms with Gasteiger partial charge >= 0.3 is 12.4 Å². The Hall–Kier alpha value is -5.08. The summed E-state index contributed by atoms with van der Waals surface area (Å²) in [6.07, 6.45) is -4.13. The summed E-state index contributed by atoms with van der Waals surface area (Å²) in [5.41, 5.74) is 2.15. The van der Waals surface area contributed by atoms with Gasteiger partial charge in [0.05, 0.1) is 0 Å².